The topological polar surface area (TPSA) is 78.5 Å². The Morgan fingerprint density at radius 3 is 2.52 bits per heavy atom. The van der Waals surface area contributed by atoms with Crippen molar-refractivity contribution in [3.8, 4) is 0 Å². The molecule has 0 aliphatic carbocycles. The first-order chi connectivity index (χ1) is 11.1. The van der Waals surface area contributed by atoms with E-state index in [1.807, 2.05) is 0 Å². The Bertz CT molecular complexity index is 646. The summed E-state index contributed by atoms with van der Waals surface area (Å²) in [6.45, 7) is 3.27. The van der Waals surface area contributed by atoms with E-state index in [4.69, 9.17) is 0 Å². The number of sulfonamides is 1. The fourth-order valence-corrected chi connectivity index (χ4v) is 4.59. The number of carbonyl (C=O) groups excluding carboxylic acids is 1. The highest BCUT2D eigenvalue weighted by Crippen LogP contribution is 2.21. The molecule has 3 rings (SSSR count). The quantitative estimate of drug-likeness (QED) is 0.829. The molecule has 23 heavy (non-hydrogen) atoms. The highest BCUT2D eigenvalue weighted by molar-refractivity contribution is 7.89. The molecule has 2 aliphatic rings. The third-order valence-electron chi connectivity index (χ3n) is 4.52. The van der Waals surface area contributed by atoms with E-state index in [2.05, 4.69) is 10.6 Å². The number of hydrogen-bond donors (Lipinski definition) is 2. The zero-order valence-electron chi connectivity index (χ0n) is 13.1. The summed E-state index contributed by atoms with van der Waals surface area (Å²) in [4.78, 5) is 12.3. The van der Waals surface area contributed by atoms with Gasteiger partial charge >= 0.3 is 0 Å². The van der Waals surface area contributed by atoms with Gasteiger partial charge < -0.3 is 10.6 Å². The first kappa shape index (κ1) is 16.4. The molecule has 1 aromatic rings. The average Bonchev–Trinajstić information content (AvgIpc) is 3.25. The molecule has 0 saturated carbocycles. The lowest BCUT2D eigenvalue weighted by Crippen LogP contribution is -2.31. The van der Waals surface area contributed by atoms with Crippen molar-refractivity contribution in [2.75, 3.05) is 26.2 Å². The van der Waals surface area contributed by atoms with Crippen molar-refractivity contribution in [1.82, 2.24) is 14.9 Å². The van der Waals surface area contributed by atoms with Crippen LogP contribution in [0.5, 0.6) is 0 Å². The first-order valence-corrected chi connectivity index (χ1v) is 9.59. The van der Waals surface area contributed by atoms with Crippen molar-refractivity contribution >= 4 is 15.9 Å². The standard InChI is InChI=1S/C16H23N3O3S/c20-16(14-7-8-17-12-14)18-11-13-3-5-15(6-4-13)23(21,22)19-9-1-2-10-19/h3-6,14,17H,1-2,7-12H2,(H,18,20). The van der Waals surface area contributed by atoms with E-state index >= 15 is 0 Å². The molecule has 7 heteroatoms. The number of hydrogen-bond acceptors (Lipinski definition) is 4. The fourth-order valence-electron chi connectivity index (χ4n) is 3.07. The highest BCUT2D eigenvalue weighted by atomic mass is 32.2. The Kier molecular flexibility index (Phi) is 4.99. The molecule has 2 fully saturated rings. The molecule has 2 aliphatic heterocycles. The van der Waals surface area contributed by atoms with Gasteiger partial charge in [0.05, 0.1) is 10.8 Å². The number of nitrogens with one attached hydrogen (secondary N) is 2. The van der Waals surface area contributed by atoms with Gasteiger partial charge in [-0.25, -0.2) is 8.42 Å². The summed E-state index contributed by atoms with van der Waals surface area (Å²) in [6.07, 6.45) is 2.73. The molecular formula is C16H23N3O3S. The van der Waals surface area contributed by atoms with Gasteiger partial charge in [-0.1, -0.05) is 12.1 Å². The molecule has 1 atom stereocenters. The van der Waals surface area contributed by atoms with E-state index in [0.29, 0.717) is 24.5 Å². The minimum absolute atomic E-state index is 0.0461. The summed E-state index contributed by atoms with van der Waals surface area (Å²) in [7, 11) is -3.36. The molecular weight excluding hydrogens is 314 g/mol. The first-order valence-electron chi connectivity index (χ1n) is 8.15. The van der Waals surface area contributed by atoms with Crippen LogP contribution >= 0.6 is 0 Å². The largest absolute Gasteiger partial charge is 0.352 e. The molecule has 0 spiro atoms. The molecule has 2 N–H and O–H groups in total. The summed E-state index contributed by atoms with van der Waals surface area (Å²) in [5.41, 5.74) is 0.907. The summed E-state index contributed by atoms with van der Waals surface area (Å²) >= 11 is 0. The molecule has 1 aromatic carbocycles. The molecule has 1 amide bonds. The molecule has 2 heterocycles. The fraction of sp³-hybridized carbons (Fsp3) is 0.562. The van der Waals surface area contributed by atoms with Crippen molar-refractivity contribution < 1.29 is 13.2 Å². The van der Waals surface area contributed by atoms with Gasteiger partial charge in [-0.15, -0.1) is 0 Å². The highest BCUT2D eigenvalue weighted by Gasteiger charge is 2.27. The zero-order chi connectivity index (χ0) is 16.3. The van der Waals surface area contributed by atoms with Crippen LogP contribution in [-0.2, 0) is 21.4 Å². The van der Waals surface area contributed by atoms with Gasteiger partial charge in [-0.3, -0.25) is 4.79 Å². The number of carbonyl (C=O) groups is 1. The minimum Gasteiger partial charge on any atom is -0.352 e. The molecule has 2 saturated heterocycles. The van der Waals surface area contributed by atoms with Crippen LogP contribution < -0.4 is 10.6 Å². The number of amides is 1. The summed E-state index contributed by atoms with van der Waals surface area (Å²) < 4.78 is 26.4. The van der Waals surface area contributed by atoms with Crippen LogP contribution in [0, 0.1) is 5.92 Å². The van der Waals surface area contributed by atoms with Crippen molar-refractivity contribution in [1.29, 1.82) is 0 Å². The lowest BCUT2D eigenvalue weighted by Gasteiger charge is -2.16. The molecule has 0 bridgehead atoms. The maximum Gasteiger partial charge on any atom is 0.243 e. The second kappa shape index (κ2) is 6.98. The predicted octanol–water partition coefficient (Wildman–Crippen LogP) is 0.697. The van der Waals surface area contributed by atoms with E-state index in [0.717, 1.165) is 37.9 Å². The second-order valence-corrected chi connectivity index (χ2v) is 8.10. The SMILES string of the molecule is O=C(NCc1ccc(S(=O)(=O)N2CCCC2)cc1)C1CCNC1. The maximum atomic E-state index is 12.4. The van der Waals surface area contributed by atoms with Crippen LogP contribution in [-0.4, -0.2) is 44.8 Å². The van der Waals surface area contributed by atoms with Gasteiger partial charge in [0.25, 0.3) is 0 Å². The normalized spacial score (nSPS) is 22.3. The molecule has 6 nitrogen and oxygen atoms in total. The number of benzene rings is 1. The Morgan fingerprint density at radius 1 is 1.22 bits per heavy atom. The molecule has 126 valence electrons. The molecule has 0 radical (unpaired) electrons. The summed E-state index contributed by atoms with van der Waals surface area (Å²) in [5.74, 6) is 0.105. The lowest BCUT2D eigenvalue weighted by molar-refractivity contribution is -0.124. The maximum absolute atomic E-state index is 12.4. The third kappa shape index (κ3) is 3.73. The third-order valence-corrected chi connectivity index (χ3v) is 6.44. The van der Waals surface area contributed by atoms with Gasteiger partial charge in [-0.05, 0) is 43.5 Å². The van der Waals surface area contributed by atoms with E-state index in [1.54, 1.807) is 24.3 Å². The number of rotatable bonds is 5. The lowest BCUT2D eigenvalue weighted by atomic mass is 10.1. The van der Waals surface area contributed by atoms with Crippen molar-refractivity contribution in [2.45, 2.75) is 30.7 Å². The van der Waals surface area contributed by atoms with Crippen LogP contribution in [0.25, 0.3) is 0 Å². The predicted molar refractivity (Wildman–Crippen MR) is 87.3 cm³/mol. The Morgan fingerprint density at radius 2 is 1.91 bits per heavy atom. The monoisotopic (exact) mass is 337 g/mol. The number of nitrogens with zero attached hydrogens (tertiary/aromatic N) is 1. The van der Waals surface area contributed by atoms with Gasteiger partial charge in [0.1, 0.15) is 0 Å². The van der Waals surface area contributed by atoms with Crippen LogP contribution in [0.2, 0.25) is 0 Å². The average molecular weight is 337 g/mol. The minimum atomic E-state index is -3.36. The Labute approximate surface area is 137 Å². The van der Waals surface area contributed by atoms with Crippen molar-refractivity contribution in [2.24, 2.45) is 5.92 Å². The van der Waals surface area contributed by atoms with Crippen LogP contribution in [0.1, 0.15) is 24.8 Å². The van der Waals surface area contributed by atoms with Gasteiger partial charge in [0, 0.05) is 26.2 Å². The summed E-state index contributed by atoms with van der Waals surface area (Å²) in [5, 5.41) is 6.09. The van der Waals surface area contributed by atoms with Gasteiger partial charge in [0.2, 0.25) is 15.9 Å². The van der Waals surface area contributed by atoms with E-state index in [-0.39, 0.29) is 11.8 Å². The Balaban J connectivity index is 1.59. The van der Waals surface area contributed by atoms with E-state index in [1.165, 1.54) is 4.31 Å². The van der Waals surface area contributed by atoms with Gasteiger partial charge in [0.15, 0.2) is 0 Å². The van der Waals surface area contributed by atoms with Crippen molar-refractivity contribution in [3.63, 3.8) is 0 Å². The van der Waals surface area contributed by atoms with E-state index < -0.39 is 10.0 Å². The summed E-state index contributed by atoms with van der Waals surface area (Å²) in [6, 6.07) is 6.81. The van der Waals surface area contributed by atoms with E-state index in [9.17, 15) is 13.2 Å². The Hall–Kier alpha value is -1.44. The van der Waals surface area contributed by atoms with Crippen LogP contribution in [0.3, 0.4) is 0 Å². The zero-order valence-corrected chi connectivity index (χ0v) is 13.9. The van der Waals surface area contributed by atoms with Crippen LogP contribution in [0.15, 0.2) is 29.2 Å². The molecule has 1 unspecified atom stereocenters. The van der Waals surface area contributed by atoms with Crippen LogP contribution in [0.4, 0.5) is 0 Å². The molecule has 0 aromatic heterocycles. The second-order valence-electron chi connectivity index (χ2n) is 6.16. The van der Waals surface area contributed by atoms with Gasteiger partial charge in [-0.2, -0.15) is 4.31 Å². The van der Waals surface area contributed by atoms with Crippen molar-refractivity contribution in [3.05, 3.63) is 29.8 Å². The smallest absolute Gasteiger partial charge is 0.243 e.